The quantitative estimate of drug-likeness (QED) is 0.702. The molecule has 0 spiro atoms. The third-order valence-corrected chi connectivity index (χ3v) is 4.00. The van der Waals surface area contributed by atoms with Crippen molar-refractivity contribution in [3.63, 3.8) is 0 Å². The van der Waals surface area contributed by atoms with Crippen molar-refractivity contribution < 1.29 is 14.3 Å². The first-order chi connectivity index (χ1) is 11.2. The summed E-state index contributed by atoms with van der Waals surface area (Å²) in [5.74, 6) is 0.399. The molecule has 1 aliphatic rings. The Morgan fingerprint density at radius 2 is 2.30 bits per heavy atom. The van der Waals surface area contributed by atoms with E-state index in [0.29, 0.717) is 24.6 Å². The summed E-state index contributed by atoms with van der Waals surface area (Å²) in [5, 5.41) is 2.95. The van der Waals surface area contributed by atoms with Gasteiger partial charge in [0.1, 0.15) is 6.10 Å². The Kier molecular flexibility index (Phi) is 7.29. The van der Waals surface area contributed by atoms with Crippen LogP contribution in [0.3, 0.4) is 0 Å². The van der Waals surface area contributed by atoms with Gasteiger partial charge in [-0.2, -0.15) is 0 Å². The van der Waals surface area contributed by atoms with E-state index < -0.39 is 0 Å². The van der Waals surface area contributed by atoms with Crippen molar-refractivity contribution in [2.45, 2.75) is 32.8 Å². The van der Waals surface area contributed by atoms with Crippen LogP contribution in [0.2, 0.25) is 0 Å². The van der Waals surface area contributed by atoms with Crippen LogP contribution in [0.1, 0.15) is 37.0 Å². The average molecular weight is 321 g/mol. The number of nitrogens with zero attached hydrogens (tertiary/aromatic N) is 2. The predicted octanol–water partition coefficient (Wildman–Crippen LogP) is 1.71. The van der Waals surface area contributed by atoms with Gasteiger partial charge in [0.15, 0.2) is 0 Å². The van der Waals surface area contributed by atoms with Crippen LogP contribution in [0.25, 0.3) is 0 Å². The summed E-state index contributed by atoms with van der Waals surface area (Å²) < 4.78 is 11.0. The molecule has 128 valence electrons. The molecule has 1 aliphatic heterocycles. The van der Waals surface area contributed by atoms with E-state index in [1.807, 2.05) is 0 Å². The summed E-state index contributed by atoms with van der Waals surface area (Å²) in [6.07, 6.45) is 3.45. The third-order valence-electron chi connectivity index (χ3n) is 4.00. The van der Waals surface area contributed by atoms with Gasteiger partial charge in [0.2, 0.25) is 5.88 Å². The highest BCUT2D eigenvalue weighted by Crippen LogP contribution is 2.15. The zero-order chi connectivity index (χ0) is 16.5. The molecule has 6 heteroatoms. The lowest BCUT2D eigenvalue weighted by Crippen LogP contribution is -2.30. The Morgan fingerprint density at radius 3 is 3.00 bits per heavy atom. The van der Waals surface area contributed by atoms with Crippen molar-refractivity contribution in [3.8, 4) is 5.88 Å². The predicted molar refractivity (Wildman–Crippen MR) is 88.8 cm³/mol. The fourth-order valence-electron chi connectivity index (χ4n) is 2.54. The van der Waals surface area contributed by atoms with Gasteiger partial charge in [0.25, 0.3) is 5.91 Å². The highest BCUT2D eigenvalue weighted by Gasteiger charge is 2.18. The maximum absolute atomic E-state index is 12.2. The fourth-order valence-corrected chi connectivity index (χ4v) is 2.54. The van der Waals surface area contributed by atoms with Crippen LogP contribution >= 0.6 is 0 Å². The van der Waals surface area contributed by atoms with Crippen LogP contribution in [0, 0.1) is 0 Å². The van der Waals surface area contributed by atoms with Crippen molar-refractivity contribution >= 4 is 5.91 Å². The van der Waals surface area contributed by atoms with E-state index in [9.17, 15) is 4.79 Å². The molecule has 6 nitrogen and oxygen atoms in total. The maximum Gasteiger partial charge on any atom is 0.251 e. The first kappa shape index (κ1) is 17.7. The molecular formula is C17H27N3O3. The van der Waals surface area contributed by atoms with E-state index in [1.165, 1.54) is 0 Å². The van der Waals surface area contributed by atoms with Crippen LogP contribution in [0.4, 0.5) is 0 Å². The number of pyridine rings is 1. The largest absolute Gasteiger partial charge is 0.472 e. The Morgan fingerprint density at radius 1 is 1.48 bits per heavy atom. The number of aromatic nitrogens is 1. The SMILES string of the molecule is CCN(CC)CCCNC(=O)c1ccnc(OC2CCOC2)c1. The number of carbonyl (C=O) groups is 1. The van der Waals surface area contributed by atoms with Crippen LogP contribution in [-0.2, 0) is 4.74 Å². The maximum atomic E-state index is 12.2. The second kappa shape index (κ2) is 9.47. The van der Waals surface area contributed by atoms with Crippen molar-refractivity contribution in [2.75, 3.05) is 39.4 Å². The number of nitrogens with one attached hydrogen (secondary N) is 1. The fraction of sp³-hybridized carbons (Fsp3) is 0.647. The highest BCUT2D eigenvalue weighted by atomic mass is 16.5. The minimum atomic E-state index is -0.0838. The minimum Gasteiger partial charge on any atom is -0.472 e. The number of ether oxygens (including phenoxy) is 2. The monoisotopic (exact) mass is 321 g/mol. The summed E-state index contributed by atoms with van der Waals surface area (Å²) >= 11 is 0. The van der Waals surface area contributed by atoms with Gasteiger partial charge in [-0.25, -0.2) is 4.98 Å². The van der Waals surface area contributed by atoms with Gasteiger partial charge in [0.05, 0.1) is 13.2 Å². The molecule has 23 heavy (non-hydrogen) atoms. The van der Waals surface area contributed by atoms with Crippen LogP contribution < -0.4 is 10.1 Å². The van der Waals surface area contributed by atoms with Gasteiger partial charge >= 0.3 is 0 Å². The molecule has 0 bridgehead atoms. The van der Waals surface area contributed by atoms with Gasteiger partial charge in [-0.15, -0.1) is 0 Å². The molecule has 1 amide bonds. The molecule has 0 aromatic carbocycles. The van der Waals surface area contributed by atoms with E-state index in [1.54, 1.807) is 18.3 Å². The van der Waals surface area contributed by atoms with E-state index in [-0.39, 0.29) is 12.0 Å². The van der Waals surface area contributed by atoms with E-state index in [4.69, 9.17) is 9.47 Å². The van der Waals surface area contributed by atoms with Gasteiger partial charge in [-0.3, -0.25) is 4.79 Å². The number of carbonyl (C=O) groups excluding carboxylic acids is 1. The second-order valence-electron chi connectivity index (χ2n) is 5.62. The highest BCUT2D eigenvalue weighted by molar-refractivity contribution is 5.94. The molecule has 2 rings (SSSR count). The third kappa shape index (κ3) is 5.80. The lowest BCUT2D eigenvalue weighted by molar-refractivity contribution is 0.0950. The standard InChI is InChI=1S/C17H27N3O3/c1-3-20(4-2)10-5-8-19-17(21)14-6-9-18-16(12-14)23-15-7-11-22-13-15/h6,9,12,15H,3-5,7-8,10-11,13H2,1-2H3,(H,19,21). The molecule has 1 fully saturated rings. The number of hydrogen-bond acceptors (Lipinski definition) is 5. The normalized spacial score (nSPS) is 17.4. The molecule has 1 unspecified atom stereocenters. The first-order valence-corrected chi connectivity index (χ1v) is 8.44. The first-order valence-electron chi connectivity index (χ1n) is 8.44. The molecule has 1 aromatic heterocycles. The van der Waals surface area contributed by atoms with Gasteiger partial charge in [-0.05, 0) is 32.1 Å². The molecule has 0 aliphatic carbocycles. The average Bonchev–Trinajstić information content (AvgIpc) is 3.08. The lowest BCUT2D eigenvalue weighted by Gasteiger charge is -2.17. The van der Waals surface area contributed by atoms with E-state index in [0.717, 1.165) is 39.1 Å². The molecule has 1 saturated heterocycles. The molecule has 2 heterocycles. The summed E-state index contributed by atoms with van der Waals surface area (Å²) in [6.45, 7) is 9.36. The van der Waals surface area contributed by atoms with Crippen LogP contribution in [0.15, 0.2) is 18.3 Å². The summed E-state index contributed by atoms with van der Waals surface area (Å²) in [5.41, 5.74) is 0.580. The summed E-state index contributed by atoms with van der Waals surface area (Å²) in [4.78, 5) is 18.7. The topological polar surface area (TPSA) is 63.7 Å². The molecule has 1 atom stereocenters. The van der Waals surface area contributed by atoms with E-state index >= 15 is 0 Å². The zero-order valence-electron chi connectivity index (χ0n) is 14.1. The Balaban J connectivity index is 1.77. The zero-order valence-corrected chi connectivity index (χ0v) is 14.1. The number of amides is 1. The van der Waals surface area contributed by atoms with Crippen molar-refractivity contribution in [2.24, 2.45) is 0 Å². The smallest absolute Gasteiger partial charge is 0.251 e. The second-order valence-corrected chi connectivity index (χ2v) is 5.62. The Labute approximate surface area is 138 Å². The molecular weight excluding hydrogens is 294 g/mol. The Hall–Kier alpha value is -1.66. The molecule has 1 N–H and O–H groups in total. The van der Waals surface area contributed by atoms with Gasteiger partial charge in [0, 0.05) is 30.8 Å². The van der Waals surface area contributed by atoms with Crippen molar-refractivity contribution in [1.82, 2.24) is 15.2 Å². The molecule has 0 saturated carbocycles. The Bertz CT molecular complexity index is 486. The number of rotatable bonds is 9. The summed E-state index contributed by atoms with van der Waals surface area (Å²) in [6, 6.07) is 3.40. The van der Waals surface area contributed by atoms with E-state index in [2.05, 4.69) is 29.0 Å². The van der Waals surface area contributed by atoms with Gasteiger partial charge in [-0.1, -0.05) is 13.8 Å². The minimum absolute atomic E-state index is 0.0369. The van der Waals surface area contributed by atoms with Crippen LogP contribution in [0.5, 0.6) is 5.88 Å². The molecule has 0 radical (unpaired) electrons. The lowest BCUT2D eigenvalue weighted by atomic mass is 10.2. The van der Waals surface area contributed by atoms with Gasteiger partial charge < -0.3 is 19.7 Å². The number of hydrogen-bond donors (Lipinski definition) is 1. The summed E-state index contributed by atoms with van der Waals surface area (Å²) in [7, 11) is 0. The van der Waals surface area contributed by atoms with Crippen molar-refractivity contribution in [1.29, 1.82) is 0 Å². The molecule has 1 aromatic rings. The van der Waals surface area contributed by atoms with Crippen molar-refractivity contribution in [3.05, 3.63) is 23.9 Å². The van der Waals surface area contributed by atoms with Crippen LogP contribution in [-0.4, -0.2) is 61.3 Å².